The van der Waals surface area contributed by atoms with Crippen LogP contribution in [-0.4, -0.2) is 20.6 Å². The van der Waals surface area contributed by atoms with E-state index in [1.807, 2.05) is 11.5 Å². The third-order valence-corrected chi connectivity index (χ3v) is 7.02. The molecule has 2 aromatic heterocycles. The summed E-state index contributed by atoms with van der Waals surface area (Å²) in [5.74, 6) is 0.114. The van der Waals surface area contributed by atoms with E-state index >= 15 is 0 Å². The molecule has 0 aromatic carbocycles. The molecule has 0 radical (unpaired) electrons. The molecule has 0 aliphatic heterocycles. The molecule has 1 unspecified atom stereocenters. The Balaban J connectivity index is 2.08. The lowest BCUT2D eigenvalue weighted by Gasteiger charge is -2.14. The molecular weight excluding hydrogens is 340 g/mol. The van der Waals surface area contributed by atoms with E-state index in [2.05, 4.69) is 6.92 Å². The summed E-state index contributed by atoms with van der Waals surface area (Å²) < 4.78 is 1.81. The minimum Gasteiger partial charge on any atom is -0.299 e. The van der Waals surface area contributed by atoms with Crippen molar-refractivity contribution in [2.24, 2.45) is 0 Å². The number of nitrogens with zero attached hydrogens (tertiary/aromatic N) is 2. The predicted octanol–water partition coefficient (Wildman–Crippen LogP) is 4.21. The van der Waals surface area contributed by atoms with Crippen LogP contribution in [-0.2, 0) is 24.2 Å². The molecule has 130 valence electrons. The molecule has 0 amide bonds. The van der Waals surface area contributed by atoms with Gasteiger partial charge in [0.2, 0.25) is 0 Å². The van der Waals surface area contributed by atoms with Crippen molar-refractivity contribution in [3.05, 3.63) is 20.8 Å². The molecule has 2 aromatic rings. The normalized spacial score (nSPS) is 15.0. The maximum Gasteiger partial charge on any atom is 0.263 e. The van der Waals surface area contributed by atoms with Gasteiger partial charge in [-0.2, -0.15) is 0 Å². The zero-order valence-corrected chi connectivity index (χ0v) is 16.2. The number of carbonyl (C=O) groups excluding carboxylic acids is 1. The smallest absolute Gasteiger partial charge is 0.263 e. The molecule has 1 atom stereocenters. The van der Waals surface area contributed by atoms with Gasteiger partial charge in [-0.15, -0.1) is 11.3 Å². The van der Waals surface area contributed by atoms with E-state index in [9.17, 15) is 9.59 Å². The molecule has 0 N–H and O–H groups in total. The van der Waals surface area contributed by atoms with Crippen molar-refractivity contribution < 1.29 is 4.79 Å². The fourth-order valence-electron chi connectivity index (χ4n) is 3.11. The SMILES string of the molecule is CCCCCn1c(SC(C)C(C)=O)nc2sc3c(c2c1=O)CCC3. The van der Waals surface area contributed by atoms with Crippen molar-refractivity contribution in [3.8, 4) is 0 Å². The van der Waals surface area contributed by atoms with Crippen molar-refractivity contribution in [1.82, 2.24) is 9.55 Å². The van der Waals surface area contributed by atoms with Gasteiger partial charge >= 0.3 is 0 Å². The highest BCUT2D eigenvalue weighted by Gasteiger charge is 2.24. The molecule has 0 saturated heterocycles. The van der Waals surface area contributed by atoms with Crippen molar-refractivity contribution in [2.75, 3.05) is 0 Å². The standard InChI is InChI=1S/C18H24N2O2S2/c1-4-5-6-10-20-17(22)15-13-8-7-9-14(13)24-16(15)19-18(20)23-12(3)11(2)21/h12H,4-10H2,1-3H3. The van der Waals surface area contributed by atoms with Crippen molar-refractivity contribution in [2.45, 2.75) is 76.2 Å². The van der Waals surface area contributed by atoms with Crippen molar-refractivity contribution in [3.63, 3.8) is 0 Å². The third-order valence-electron chi connectivity index (χ3n) is 4.63. The Bertz CT molecular complexity index is 823. The number of hydrogen-bond acceptors (Lipinski definition) is 5. The van der Waals surface area contributed by atoms with Crippen LogP contribution in [0.3, 0.4) is 0 Å². The Kier molecular flexibility index (Phi) is 5.45. The molecule has 1 aliphatic carbocycles. The van der Waals surface area contributed by atoms with Gasteiger partial charge in [-0.25, -0.2) is 4.98 Å². The van der Waals surface area contributed by atoms with Gasteiger partial charge in [0.15, 0.2) is 5.16 Å². The fourth-order valence-corrected chi connectivity index (χ4v) is 5.34. The molecule has 0 fully saturated rings. The molecule has 1 aliphatic rings. The van der Waals surface area contributed by atoms with E-state index in [0.29, 0.717) is 11.7 Å². The Morgan fingerprint density at radius 1 is 1.38 bits per heavy atom. The van der Waals surface area contributed by atoms with Gasteiger partial charge in [-0.05, 0) is 45.1 Å². The number of hydrogen-bond donors (Lipinski definition) is 0. The lowest BCUT2D eigenvalue weighted by atomic mass is 10.2. The van der Waals surface area contributed by atoms with Crippen molar-refractivity contribution >= 4 is 39.1 Å². The number of unbranched alkanes of at least 4 members (excludes halogenated alkanes) is 2. The number of fused-ring (bicyclic) bond motifs is 3. The molecule has 4 nitrogen and oxygen atoms in total. The number of ketones is 1. The minimum atomic E-state index is -0.182. The maximum absolute atomic E-state index is 13.1. The molecule has 6 heteroatoms. The van der Waals surface area contributed by atoms with Crippen LogP contribution < -0.4 is 5.56 Å². The van der Waals surface area contributed by atoms with Gasteiger partial charge in [0.25, 0.3) is 5.56 Å². The first-order valence-corrected chi connectivity index (χ1v) is 10.4. The molecule has 0 spiro atoms. The monoisotopic (exact) mass is 364 g/mol. The molecule has 0 bridgehead atoms. The van der Waals surface area contributed by atoms with Crippen LogP contribution in [0.2, 0.25) is 0 Å². The number of Topliss-reactive ketones (excluding diaryl/α,β-unsaturated/α-hetero) is 1. The van der Waals surface area contributed by atoms with Gasteiger partial charge in [-0.1, -0.05) is 31.5 Å². The summed E-state index contributed by atoms with van der Waals surface area (Å²) >= 11 is 3.08. The van der Waals surface area contributed by atoms with E-state index in [1.165, 1.54) is 22.2 Å². The largest absolute Gasteiger partial charge is 0.299 e. The molecule has 24 heavy (non-hydrogen) atoms. The summed E-state index contributed by atoms with van der Waals surface area (Å²) in [6, 6.07) is 0. The average molecular weight is 365 g/mol. The van der Waals surface area contributed by atoms with E-state index in [4.69, 9.17) is 4.98 Å². The zero-order valence-electron chi connectivity index (χ0n) is 14.6. The summed E-state index contributed by atoms with van der Waals surface area (Å²) in [7, 11) is 0. The van der Waals surface area contributed by atoms with Crippen LogP contribution in [0.1, 0.15) is 56.9 Å². The highest BCUT2D eigenvalue weighted by molar-refractivity contribution is 8.00. The van der Waals surface area contributed by atoms with E-state index in [0.717, 1.165) is 48.7 Å². The Morgan fingerprint density at radius 2 is 2.17 bits per heavy atom. The van der Waals surface area contributed by atoms with Gasteiger partial charge in [-0.3, -0.25) is 14.2 Å². The number of rotatable bonds is 7. The van der Waals surface area contributed by atoms with Gasteiger partial charge in [0.1, 0.15) is 10.6 Å². The lowest BCUT2D eigenvalue weighted by molar-refractivity contribution is -0.116. The van der Waals surface area contributed by atoms with Gasteiger partial charge in [0.05, 0.1) is 10.6 Å². The van der Waals surface area contributed by atoms with E-state index in [-0.39, 0.29) is 16.6 Å². The number of thioether (sulfide) groups is 1. The highest BCUT2D eigenvalue weighted by atomic mass is 32.2. The Morgan fingerprint density at radius 3 is 2.88 bits per heavy atom. The Labute approximate surface area is 150 Å². The van der Waals surface area contributed by atoms with Crippen LogP contribution in [0.15, 0.2) is 9.95 Å². The van der Waals surface area contributed by atoms with Crippen molar-refractivity contribution in [1.29, 1.82) is 0 Å². The topological polar surface area (TPSA) is 52.0 Å². The van der Waals surface area contributed by atoms with Gasteiger partial charge < -0.3 is 0 Å². The zero-order chi connectivity index (χ0) is 17.3. The first-order valence-electron chi connectivity index (χ1n) is 8.75. The predicted molar refractivity (Wildman–Crippen MR) is 101 cm³/mol. The Hall–Kier alpha value is -1.14. The number of aromatic nitrogens is 2. The number of carbonyl (C=O) groups is 1. The molecule has 2 heterocycles. The average Bonchev–Trinajstić information content (AvgIpc) is 3.10. The lowest BCUT2D eigenvalue weighted by Crippen LogP contribution is -2.25. The van der Waals surface area contributed by atoms with E-state index in [1.54, 1.807) is 18.3 Å². The second-order valence-electron chi connectivity index (χ2n) is 6.47. The van der Waals surface area contributed by atoms with E-state index < -0.39 is 0 Å². The van der Waals surface area contributed by atoms with Crippen LogP contribution in [0.5, 0.6) is 0 Å². The third kappa shape index (κ3) is 3.31. The number of thiophene rings is 1. The molecule has 0 saturated carbocycles. The first-order chi connectivity index (χ1) is 11.5. The summed E-state index contributed by atoms with van der Waals surface area (Å²) in [5.41, 5.74) is 1.32. The summed E-state index contributed by atoms with van der Waals surface area (Å²) in [5, 5.41) is 1.36. The van der Waals surface area contributed by atoms with Gasteiger partial charge in [0, 0.05) is 11.4 Å². The van der Waals surface area contributed by atoms with Crippen LogP contribution in [0, 0.1) is 0 Å². The highest BCUT2D eigenvalue weighted by Crippen LogP contribution is 2.36. The quantitative estimate of drug-likeness (QED) is 0.420. The molecular formula is C18H24N2O2S2. The first kappa shape index (κ1) is 17.7. The second-order valence-corrected chi connectivity index (χ2v) is 8.86. The number of aryl methyl sites for hydroxylation is 2. The fraction of sp³-hybridized carbons (Fsp3) is 0.611. The maximum atomic E-state index is 13.1. The van der Waals surface area contributed by atoms with Crippen LogP contribution in [0.4, 0.5) is 0 Å². The van der Waals surface area contributed by atoms with Crippen LogP contribution in [0.25, 0.3) is 10.2 Å². The summed E-state index contributed by atoms with van der Waals surface area (Å²) in [6.07, 6.45) is 6.39. The summed E-state index contributed by atoms with van der Waals surface area (Å²) in [6.45, 7) is 6.32. The summed E-state index contributed by atoms with van der Waals surface area (Å²) in [4.78, 5) is 31.8. The van der Waals surface area contributed by atoms with Crippen LogP contribution >= 0.6 is 23.1 Å². The minimum absolute atomic E-state index is 0.0914. The molecule has 3 rings (SSSR count). The second kappa shape index (κ2) is 7.40.